The second-order valence-corrected chi connectivity index (χ2v) is 7.78. The number of fused-ring (bicyclic) bond motifs is 4. The van der Waals surface area contributed by atoms with Crippen LogP contribution in [0.2, 0.25) is 0 Å². The summed E-state index contributed by atoms with van der Waals surface area (Å²) in [6.07, 6.45) is 9.74. The minimum atomic E-state index is -0.0527. The van der Waals surface area contributed by atoms with Crippen molar-refractivity contribution in [2.24, 2.45) is 23.2 Å². The van der Waals surface area contributed by atoms with Crippen LogP contribution in [0.1, 0.15) is 43.4 Å². The van der Waals surface area contributed by atoms with Crippen molar-refractivity contribution in [3.8, 4) is 0 Å². The van der Waals surface area contributed by atoms with E-state index >= 15 is 0 Å². The maximum absolute atomic E-state index is 13.0. The molecule has 3 aliphatic rings. The molecule has 110 valence electrons. The number of rotatable bonds is 2. The molecule has 1 spiro atoms. The van der Waals surface area contributed by atoms with Crippen LogP contribution in [-0.2, 0) is 24.1 Å². The number of allylic oxidation sites excluding steroid dienone is 2. The molecular formula is C20H24O. The molecule has 1 nitrogen and oxygen atoms in total. The van der Waals surface area contributed by atoms with Crippen molar-refractivity contribution < 1.29 is 4.79 Å². The van der Waals surface area contributed by atoms with E-state index in [1.165, 1.54) is 23.1 Å². The molecule has 0 aromatic heterocycles. The second-order valence-electron chi connectivity index (χ2n) is 7.78. The van der Waals surface area contributed by atoms with Crippen LogP contribution in [0, 0.1) is 23.2 Å². The third-order valence-corrected chi connectivity index (χ3v) is 5.91. The highest BCUT2D eigenvalue weighted by atomic mass is 16.1. The molecule has 21 heavy (non-hydrogen) atoms. The van der Waals surface area contributed by atoms with E-state index in [1.54, 1.807) is 0 Å². The molecule has 3 aliphatic carbocycles. The Bertz CT molecular complexity index is 625. The summed E-state index contributed by atoms with van der Waals surface area (Å²) in [7, 11) is 0. The highest BCUT2D eigenvalue weighted by Gasteiger charge is 2.54. The summed E-state index contributed by atoms with van der Waals surface area (Å²) in [5, 5.41) is 0. The van der Waals surface area contributed by atoms with Crippen LogP contribution >= 0.6 is 0 Å². The fraction of sp³-hybridized carbons (Fsp3) is 0.550. The van der Waals surface area contributed by atoms with Gasteiger partial charge < -0.3 is 0 Å². The Morgan fingerprint density at radius 1 is 1.29 bits per heavy atom. The summed E-state index contributed by atoms with van der Waals surface area (Å²) in [5.74, 6) is 2.34. The molecule has 0 saturated heterocycles. The van der Waals surface area contributed by atoms with E-state index in [-0.39, 0.29) is 5.41 Å². The van der Waals surface area contributed by atoms with Gasteiger partial charge in [0.1, 0.15) is 5.78 Å². The Labute approximate surface area is 127 Å². The van der Waals surface area contributed by atoms with Crippen molar-refractivity contribution in [1.82, 2.24) is 0 Å². The number of benzene rings is 1. The monoisotopic (exact) mass is 280 g/mol. The lowest BCUT2D eigenvalue weighted by Crippen LogP contribution is -2.42. The molecule has 0 aliphatic heterocycles. The van der Waals surface area contributed by atoms with Gasteiger partial charge in [-0.25, -0.2) is 0 Å². The molecule has 1 aromatic carbocycles. The van der Waals surface area contributed by atoms with Gasteiger partial charge in [-0.3, -0.25) is 4.79 Å². The second kappa shape index (κ2) is 4.56. The zero-order chi connectivity index (χ0) is 14.6. The van der Waals surface area contributed by atoms with Crippen LogP contribution in [-0.4, -0.2) is 5.78 Å². The molecule has 0 amide bonds. The van der Waals surface area contributed by atoms with Crippen molar-refractivity contribution in [3.63, 3.8) is 0 Å². The molecule has 0 N–H and O–H groups in total. The summed E-state index contributed by atoms with van der Waals surface area (Å²) in [6, 6.07) is 6.69. The topological polar surface area (TPSA) is 17.1 Å². The standard InChI is InChI=1S/C20H24O/c1-13(2)8-15-4-3-5-16-12-20(19(21)10-18(15)16)11-14-6-7-17(20)9-14/h3-7,13-14,17H,8-12H2,1-2H3. The Hall–Kier alpha value is -1.37. The average Bonchev–Trinajstić information content (AvgIpc) is 3.01. The van der Waals surface area contributed by atoms with Gasteiger partial charge in [0.2, 0.25) is 0 Å². The van der Waals surface area contributed by atoms with Crippen molar-refractivity contribution in [2.45, 2.75) is 46.0 Å². The largest absolute Gasteiger partial charge is 0.299 e. The maximum Gasteiger partial charge on any atom is 0.144 e. The predicted octanol–water partition coefficient (Wildman–Crippen LogP) is 4.14. The number of ketones is 1. The first kappa shape index (κ1) is 13.3. The Morgan fingerprint density at radius 2 is 2.14 bits per heavy atom. The van der Waals surface area contributed by atoms with Crippen LogP contribution in [0.4, 0.5) is 0 Å². The third-order valence-electron chi connectivity index (χ3n) is 5.91. The van der Waals surface area contributed by atoms with Gasteiger partial charge in [0.25, 0.3) is 0 Å². The SMILES string of the molecule is CC(C)Cc1cccc2c1CC(=O)C1(C2)CC2C=CC1C2. The Kier molecular flexibility index (Phi) is 2.89. The fourth-order valence-corrected chi connectivity index (χ4v) is 4.97. The van der Waals surface area contributed by atoms with Gasteiger partial charge in [-0.2, -0.15) is 0 Å². The number of hydrogen-bond acceptors (Lipinski definition) is 1. The molecule has 0 heterocycles. The number of Topliss-reactive ketones (excluding diaryl/α,β-unsaturated/α-hetero) is 1. The summed E-state index contributed by atoms with van der Waals surface area (Å²) in [6.45, 7) is 4.51. The molecule has 0 radical (unpaired) electrons. The van der Waals surface area contributed by atoms with Gasteiger partial charge in [0, 0.05) is 11.8 Å². The molecule has 1 aromatic rings. The van der Waals surface area contributed by atoms with Gasteiger partial charge in [-0.05, 0) is 60.1 Å². The van der Waals surface area contributed by atoms with Gasteiger partial charge in [-0.15, -0.1) is 0 Å². The summed E-state index contributed by atoms with van der Waals surface area (Å²) < 4.78 is 0. The molecule has 4 rings (SSSR count). The zero-order valence-corrected chi connectivity index (χ0v) is 13.1. The highest BCUT2D eigenvalue weighted by Crippen LogP contribution is 2.56. The molecule has 3 atom stereocenters. The summed E-state index contributed by atoms with van der Waals surface area (Å²) in [5.41, 5.74) is 4.16. The van der Waals surface area contributed by atoms with E-state index < -0.39 is 0 Å². The molecule has 3 unspecified atom stereocenters. The Balaban J connectivity index is 1.73. The van der Waals surface area contributed by atoms with Crippen molar-refractivity contribution >= 4 is 5.78 Å². The highest BCUT2D eigenvalue weighted by molar-refractivity contribution is 5.90. The normalized spacial score (nSPS) is 33.2. The zero-order valence-electron chi connectivity index (χ0n) is 13.1. The summed E-state index contributed by atoms with van der Waals surface area (Å²) in [4.78, 5) is 13.0. The lowest BCUT2D eigenvalue weighted by molar-refractivity contribution is -0.130. The fourth-order valence-electron chi connectivity index (χ4n) is 4.97. The van der Waals surface area contributed by atoms with Crippen LogP contribution < -0.4 is 0 Å². The van der Waals surface area contributed by atoms with Crippen molar-refractivity contribution in [2.75, 3.05) is 0 Å². The lowest BCUT2D eigenvalue weighted by atomic mass is 9.63. The quantitative estimate of drug-likeness (QED) is 0.744. The minimum absolute atomic E-state index is 0.0527. The number of hydrogen-bond donors (Lipinski definition) is 0. The minimum Gasteiger partial charge on any atom is -0.299 e. The predicted molar refractivity (Wildman–Crippen MR) is 85.2 cm³/mol. The van der Waals surface area contributed by atoms with Crippen molar-refractivity contribution in [3.05, 3.63) is 47.0 Å². The van der Waals surface area contributed by atoms with E-state index in [0.29, 0.717) is 30.0 Å². The number of carbonyl (C=O) groups excluding carboxylic acids is 1. The molecule has 1 fully saturated rings. The van der Waals surface area contributed by atoms with Gasteiger partial charge in [0.05, 0.1) is 0 Å². The summed E-state index contributed by atoms with van der Waals surface area (Å²) >= 11 is 0. The lowest BCUT2D eigenvalue weighted by Gasteiger charge is -2.39. The first-order valence-corrected chi connectivity index (χ1v) is 8.40. The third kappa shape index (κ3) is 1.93. The Morgan fingerprint density at radius 3 is 2.81 bits per heavy atom. The van der Waals surface area contributed by atoms with Crippen LogP contribution in [0.25, 0.3) is 0 Å². The average molecular weight is 280 g/mol. The molecule has 2 bridgehead atoms. The van der Waals surface area contributed by atoms with Crippen LogP contribution in [0.15, 0.2) is 30.4 Å². The van der Waals surface area contributed by atoms with Gasteiger partial charge in [0.15, 0.2) is 0 Å². The number of carbonyl (C=O) groups is 1. The van der Waals surface area contributed by atoms with E-state index in [2.05, 4.69) is 44.2 Å². The van der Waals surface area contributed by atoms with Crippen molar-refractivity contribution in [1.29, 1.82) is 0 Å². The first-order chi connectivity index (χ1) is 10.1. The van der Waals surface area contributed by atoms with Gasteiger partial charge >= 0.3 is 0 Å². The first-order valence-electron chi connectivity index (χ1n) is 8.40. The molecule has 1 heteroatoms. The van der Waals surface area contributed by atoms with E-state index in [9.17, 15) is 4.79 Å². The van der Waals surface area contributed by atoms with E-state index in [4.69, 9.17) is 0 Å². The van der Waals surface area contributed by atoms with Crippen LogP contribution in [0.3, 0.4) is 0 Å². The molecular weight excluding hydrogens is 256 g/mol. The molecule has 1 saturated carbocycles. The van der Waals surface area contributed by atoms with E-state index in [1.807, 2.05) is 0 Å². The van der Waals surface area contributed by atoms with Gasteiger partial charge in [-0.1, -0.05) is 44.2 Å². The van der Waals surface area contributed by atoms with Crippen LogP contribution in [0.5, 0.6) is 0 Å². The maximum atomic E-state index is 13.0. The smallest absolute Gasteiger partial charge is 0.144 e. The van der Waals surface area contributed by atoms with E-state index in [0.717, 1.165) is 19.3 Å².